The molecule has 1 saturated heterocycles. The van der Waals surface area contributed by atoms with Crippen LogP contribution >= 0.6 is 0 Å². The topological polar surface area (TPSA) is 87.0 Å². The summed E-state index contributed by atoms with van der Waals surface area (Å²) in [6, 6.07) is 12.3. The highest BCUT2D eigenvalue weighted by atomic mass is 16.5. The molecule has 0 amide bonds. The summed E-state index contributed by atoms with van der Waals surface area (Å²) in [6.45, 7) is 6.51. The molecule has 2 fully saturated rings. The molecule has 0 unspecified atom stereocenters. The number of hydrogen-bond donors (Lipinski definition) is 1. The monoisotopic (exact) mass is 442 g/mol. The van der Waals surface area contributed by atoms with E-state index in [9.17, 15) is 0 Å². The summed E-state index contributed by atoms with van der Waals surface area (Å²) >= 11 is 0. The second kappa shape index (κ2) is 7.81. The molecule has 8 heteroatoms. The third-order valence-corrected chi connectivity index (χ3v) is 6.34. The summed E-state index contributed by atoms with van der Waals surface area (Å²) in [4.78, 5) is 18.6. The van der Waals surface area contributed by atoms with E-state index in [1.165, 1.54) is 0 Å². The van der Waals surface area contributed by atoms with Gasteiger partial charge in [0.05, 0.1) is 6.54 Å². The first-order valence-electron chi connectivity index (χ1n) is 11.4. The molecule has 1 saturated carbocycles. The van der Waals surface area contributed by atoms with E-state index in [0.717, 1.165) is 54.1 Å². The number of aryl methyl sites for hydroxylation is 1. The van der Waals surface area contributed by atoms with Gasteiger partial charge in [-0.25, -0.2) is 15.0 Å². The maximum atomic E-state index is 6.22. The van der Waals surface area contributed by atoms with Crippen molar-refractivity contribution in [3.05, 3.63) is 60.0 Å². The van der Waals surface area contributed by atoms with E-state index < -0.39 is 0 Å². The third kappa shape index (κ3) is 3.91. The van der Waals surface area contributed by atoms with Crippen LogP contribution in [0.2, 0.25) is 0 Å². The maximum Gasteiger partial charge on any atom is 0.245 e. The van der Waals surface area contributed by atoms with E-state index >= 15 is 0 Å². The molecular formula is C25H26N6O2. The Balaban J connectivity index is 1.45. The zero-order valence-corrected chi connectivity index (χ0v) is 18.8. The Bertz CT molecular complexity index is 1310. The average Bonchev–Trinajstić information content (AvgIpc) is 3.40. The van der Waals surface area contributed by atoms with Gasteiger partial charge in [0.15, 0.2) is 11.2 Å². The molecule has 3 aromatic heterocycles. The van der Waals surface area contributed by atoms with Gasteiger partial charge < -0.3 is 19.4 Å². The maximum absolute atomic E-state index is 6.22. The fourth-order valence-electron chi connectivity index (χ4n) is 3.97. The Labute approximate surface area is 192 Å². The molecule has 2 aliphatic rings. The lowest BCUT2D eigenvalue weighted by atomic mass is 10.1. The summed E-state index contributed by atoms with van der Waals surface area (Å²) in [5.41, 5.74) is 4.42. The molecule has 33 heavy (non-hydrogen) atoms. The summed E-state index contributed by atoms with van der Waals surface area (Å²) in [5, 5.41) is 3.21. The van der Waals surface area contributed by atoms with Crippen LogP contribution in [0.15, 0.2) is 48.9 Å². The molecule has 1 aromatic carbocycles. The minimum Gasteiger partial charge on any atom is -0.472 e. The lowest BCUT2D eigenvalue weighted by molar-refractivity contribution is 0.136. The molecular weight excluding hydrogens is 416 g/mol. The van der Waals surface area contributed by atoms with E-state index in [2.05, 4.69) is 50.8 Å². The van der Waals surface area contributed by atoms with Crippen molar-refractivity contribution in [2.75, 3.05) is 13.1 Å². The molecule has 168 valence electrons. The van der Waals surface area contributed by atoms with Crippen LogP contribution in [-0.4, -0.2) is 49.3 Å². The van der Waals surface area contributed by atoms with Crippen molar-refractivity contribution < 1.29 is 9.47 Å². The van der Waals surface area contributed by atoms with Gasteiger partial charge in [0.1, 0.15) is 23.9 Å². The van der Waals surface area contributed by atoms with E-state index in [4.69, 9.17) is 14.5 Å². The molecule has 0 spiro atoms. The zero-order chi connectivity index (χ0) is 22.4. The SMILES string of the molecule is Cc1cc(OC2CNC2)ncc1-c1nc2c(OC3(C)CC3)ncnc2n1Cc1ccccc1. The Morgan fingerprint density at radius 3 is 2.64 bits per heavy atom. The van der Waals surface area contributed by atoms with Gasteiger partial charge in [-0.1, -0.05) is 30.3 Å². The van der Waals surface area contributed by atoms with Crippen molar-refractivity contribution in [1.29, 1.82) is 0 Å². The van der Waals surface area contributed by atoms with Crippen LogP contribution in [0.1, 0.15) is 30.9 Å². The highest BCUT2D eigenvalue weighted by Gasteiger charge is 2.41. The van der Waals surface area contributed by atoms with Crippen molar-refractivity contribution in [2.24, 2.45) is 0 Å². The number of nitrogens with one attached hydrogen (secondary N) is 1. The molecule has 0 bridgehead atoms. The van der Waals surface area contributed by atoms with E-state index in [0.29, 0.717) is 23.8 Å². The molecule has 1 aliphatic carbocycles. The molecule has 4 aromatic rings. The van der Waals surface area contributed by atoms with Crippen LogP contribution in [0.4, 0.5) is 0 Å². The van der Waals surface area contributed by atoms with Crippen molar-refractivity contribution in [3.63, 3.8) is 0 Å². The number of aromatic nitrogens is 5. The number of imidazole rings is 1. The minimum absolute atomic E-state index is 0.155. The van der Waals surface area contributed by atoms with E-state index in [1.807, 2.05) is 30.5 Å². The standard InChI is InChI=1S/C25H26N6O2/c1-16-10-20(32-18-11-26-12-18)27-13-19(16)22-30-21-23(31(22)14-17-6-4-3-5-7-17)28-15-29-24(21)33-25(2)8-9-25/h3-7,10,13,15,18,26H,8-9,11-12,14H2,1-2H3. The van der Waals surface area contributed by atoms with Crippen molar-refractivity contribution in [1.82, 2.24) is 29.8 Å². The Morgan fingerprint density at radius 1 is 1.12 bits per heavy atom. The Hall–Kier alpha value is -3.52. The average molecular weight is 443 g/mol. The summed E-state index contributed by atoms with van der Waals surface area (Å²) in [7, 11) is 0. The van der Waals surface area contributed by atoms with Gasteiger partial charge in [0.2, 0.25) is 11.8 Å². The molecule has 1 N–H and O–H groups in total. The van der Waals surface area contributed by atoms with Gasteiger partial charge in [0.25, 0.3) is 0 Å². The summed E-state index contributed by atoms with van der Waals surface area (Å²) < 4.78 is 14.3. The van der Waals surface area contributed by atoms with Crippen LogP contribution in [0.5, 0.6) is 11.8 Å². The van der Waals surface area contributed by atoms with Crippen LogP contribution < -0.4 is 14.8 Å². The van der Waals surface area contributed by atoms with Gasteiger partial charge in [-0.2, -0.15) is 4.98 Å². The van der Waals surface area contributed by atoms with Gasteiger partial charge in [-0.3, -0.25) is 0 Å². The summed E-state index contributed by atoms with van der Waals surface area (Å²) in [5.74, 6) is 1.97. The summed E-state index contributed by atoms with van der Waals surface area (Å²) in [6.07, 6.45) is 5.64. The number of hydrogen-bond acceptors (Lipinski definition) is 7. The first kappa shape index (κ1) is 20.1. The second-order valence-electron chi connectivity index (χ2n) is 9.15. The van der Waals surface area contributed by atoms with E-state index in [-0.39, 0.29) is 11.7 Å². The quantitative estimate of drug-likeness (QED) is 0.468. The lowest BCUT2D eigenvalue weighted by Crippen LogP contribution is -2.50. The van der Waals surface area contributed by atoms with Crippen molar-refractivity contribution in [2.45, 2.75) is 44.9 Å². The van der Waals surface area contributed by atoms with Crippen LogP contribution in [0, 0.1) is 6.92 Å². The minimum atomic E-state index is -0.155. The number of benzene rings is 1. The number of ether oxygens (including phenoxy) is 2. The van der Waals surface area contributed by atoms with Crippen molar-refractivity contribution >= 4 is 11.2 Å². The molecule has 4 heterocycles. The Kier molecular flexibility index (Phi) is 4.76. The fourth-order valence-corrected chi connectivity index (χ4v) is 3.97. The van der Waals surface area contributed by atoms with Crippen LogP contribution in [-0.2, 0) is 6.54 Å². The number of pyridine rings is 1. The molecule has 0 radical (unpaired) electrons. The molecule has 8 nitrogen and oxygen atoms in total. The van der Waals surface area contributed by atoms with Crippen LogP contribution in [0.25, 0.3) is 22.6 Å². The molecule has 6 rings (SSSR count). The number of nitrogens with zero attached hydrogens (tertiary/aromatic N) is 5. The lowest BCUT2D eigenvalue weighted by Gasteiger charge is -2.27. The Morgan fingerprint density at radius 2 is 1.94 bits per heavy atom. The predicted octanol–water partition coefficient (Wildman–Crippen LogP) is 3.53. The first-order chi connectivity index (χ1) is 16.1. The normalized spacial score (nSPS) is 17.0. The largest absolute Gasteiger partial charge is 0.472 e. The number of fused-ring (bicyclic) bond motifs is 1. The van der Waals surface area contributed by atoms with Gasteiger partial charge in [-0.15, -0.1) is 0 Å². The third-order valence-electron chi connectivity index (χ3n) is 6.34. The fraction of sp³-hybridized carbons (Fsp3) is 0.360. The smallest absolute Gasteiger partial charge is 0.245 e. The highest BCUT2D eigenvalue weighted by molar-refractivity contribution is 5.82. The zero-order valence-electron chi connectivity index (χ0n) is 18.8. The van der Waals surface area contributed by atoms with Gasteiger partial charge >= 0.3 is 0 Å². The number of rotatable bonds is 7. The van der Waals surface area contributed by atoms with E-state index in [1.54, 1.807) is 6.33 Å². The van der Waals surface area contributed by atoms with Gasteiger partial charge in [-0.05, 0) is 37.8 Å². The highest BCUT2D eigenvalue weighted by Crippen LogP contribution is 2.41. The van der Waals surface area contributed by atoms with Gasteiger partial charge in [0, 0.05) is 30.9 Å². The predicted molar refractivity (Wildman–Crippen MR) is 124 cm³/mol. The molecule has 0 atom stereocenters. The second-order valence-corrected chi connectivity index (χ2v) is 9.15. The molecule has 1 aliphatic heterocycles. The first-order valence-corrected chi connectivity index (χ1v) is 11.4. The van der Waals surface area contributed by atoms with Crippen molar-refractivity contribution in [3.8, 4) is 23.1 Å². The van der Waals surface area contributed by atoms with Crippen LogP contribution in [0.3, 0.4) is 0 Å².